The monoisotopic (exact) mass is 331 g/mol. The van der Waals surface area contributed by atoms with Crippen LogP contribution in [0.1, 0.15) is 22.0 Å². The van der Waals surface area contributed by atoms with Gasteiger partial charge in [0.2, 0.25) is 11.6 Å². The zero-order valence-electron chi connectivity index (χ0n) is 13.6. The molecule has 0 saturated heterocycles. The molecule has 0 N–H and O–H groups in total. The summed E-state index contributed by atoms with van der Waals surface area (Å²) in [7, 11) is 4.37. The van der Waals surface area contributed by atoms with Gasteiger partial charge in [-0.3, -0.25) is 0 Å². The number of carbonyl (C=O) groups is 1. The third kappa shape index (κ3) is 2.92. The molecular formula is C17H17NO6. The van der Waals surface area contributed by atoms with Gasteiger partial charge in [0.25, 0.3) is 0 Å². The lowest BCUT2D eigenvalue weighted by Gasteiger charge is -2.28. The van der Waals surface area contributed by atoms with E-state index in [1.807, 2.05) is 6.07 Å². The van der Waals surface area contributed by atoms with E-state index in [1.165, 1.54) is 14.2 Å². The van der Waals surface area contributed by atoms with Gasteiger partial charge in [0.15, 0.2) is 17.6 Å². The Labute approximate surface area is 139 Å². The molecule has 0 saturated carbocycles. The fourth-order valence-corrected chi connectivity index (χ4v) is 2.40. The van der Waals surface area contributed by atoms with E-state index < -0.39 is 5.97 Å². The summed E-state index contributed by atoms with van der Waals surface area (Å²) in [6.07, 6.45) is 1.33. The van der Waals surface area contributed by atoms with Gasteiger partial charge >= 0.3 is 5.97 Å². The van der Waals surface area contributed by atoms with Gasteiger partial charge in [-0.15, -0.1) is 0 Å². The standard InChI is InChI=1S/C17H17NO6/c1-20-12-6-11(17(19)22-3)7-13-16(12)24-14(9-23-13)10-4-5-15(21-2)18-8-10/h4-8,14H,9H2,1-3H3. The summed E-state index contributed by atoms with van der Waals surface area (Å²) in [5, 5.41) is 0. The van der Waals surface area contributed by atoms with Crippen LogP contribution in [0.15, 0.2) is 30.5 Å². The average Bonchev–Trinajstić information content (AvgIpc) is 2.66. The first kappa shape index (κ1) is 15.9. The minimum Gasteiger partial charge on any atom is -0.493 e. The predicted molar refractivity (Wildman–Crippen MR) is 84.0 cm³/mol. The predicted octanol–water partition coefficient (Wildman–Crippen LogP) is 2.40. The highest BCUT2D eigenvalue weighted by Crippen LogP contribution is 2.44. The summed E-state index contributed by atoms with van der Waals surface area (Å²) in [5.41, 5.74) is 1.18. The molecule has 24 heavy (non-hydrogen) atoms. The first-order valence-corrected chi connectivity index (χ1v) is 7.26. The Morgan fingerprint density at radius 2 is 2.04 bits per heavy atom. The maximum atomic E-state index is 11.7. The van der Waals surface area contributed by atoms with E-state index in [0.29, 0.717) is 28.7 Å². The van der Waals surface area contributed by atoms with Crippen LogP contribution in [0.2, 0.25) is 0 Å². The van der Waals surface area contributed by atoms with Gasteiger partial charge in [-0.2, -0.15) is 0 Å². The Morgan fingerprint density at radius 3 is 2.67 bits per heavy atom. The minimum absolute atomic E-state index is 0.286. The zero-order chi connectivity index (χ0) is 17.1. The summed E-state index contributed by atoms with van der Waals surface area (Å²) >= 11 is 0. The van der Waals surface area contributed by atoms with Crippen LogP contribution in [0.25, 0.3) is 0 Å². The zero-order valence-corrected chi connectivity index (χ0v) is 13.6. The number of rotatable bonds is 4. The van der Waals surface area contributed by atoms with E-state index in [1.54, 1.807) is 31.5 Å². The van der Waals surface area contributed by atoms with Crippen molar-refractivity contribution < 1.29 is 28.5 Å². The Hall–Kier alpha value is -2.96. The molecule has 1 unspecified atom stereocenters. The highest BCUT2D eigenvalue weighted by Gasteiger charge is 2.28. The molecule has 7 nitrogen and oxygen atoms in total. The molecule has 1 aromatic carbocycles. The number of hydrogen-bond acceptors (Lipinski definition) is 7. The SMILES string of the molecule is COC(=O)c1cc(OC)c2c(c1)OCC(c1ccc(OC)nc1)O2. The Morgan fingerprint density at radius 1 is 1.21 bits per heavy atom. The Bertz CT molecular complexity index is 726. The number of methoxy groups -OCH3 is 3. The molecule has 2 aromatic rings. The largest absolute Gasteiger partial charge is 0.493 e. The molecular weight excluding hydrogens is 314 g/mol. The van der Waals surface area contributed by atoms with Gasteiger partial charge in [-0.1, -0.05) is 0 Å². The van der Waals surface area contributed by atoms with E-state index in [2.05, 4.69) is 4.98 Å². The van der Waals surface area contributed by atoms with Crippen LogP contribution in [0, 0.1) is 0 Å². The van der Waals surface area contributed by atoms with E-state index in [9.17, 15) is 4.79 Å². The van der Waals surface area contributed by atoms with Gasteiger partial charge < -0.3 is 23.7 Å². The normalized spacial score (nSPS) is 15.5. The molecule has 2 heterocycles. The number of carbonyl (C=O) groups excluding carboxylic acids is 1. The lowest BCUT2D eigenvalue weighted by Crippen LogP contribution is -2.22. The Balaban J connectivity index is 1.90. The van der Waals surface area contributed by atoms with E-state index in [0.717, 1.165) is 5.56 Å². The maximum absolute atomic E-state index is 11.7. The summed E-state index contributed by atoms with van der Waals surface area (Å²) in [5.74, 6) is 1.33. The van der Waals surface area contributed by atoms with Crippen molar-refractivity contribution in [2.45, 2.75) is 6.10 Å². The topological polar surface area (TPSA) is 76.1 Å². The van der Waals surface area contributed by atoms with Crippen molar-refractivity contribution in [1.29, 1.82) is 0 Å². The van der Waals surface area contributed by atoms with Crippen LogP contribution in [0.5, 0.6) is 23.1 Å². The van der Waals surface area contributed by atoms with Crippen LogP contribution < -0.4 is 18.9 Å². The number of nitrogens with zero attached hydrogens (tertiary/aromatic N) is 1. The molecule has 0 amide bonds. The number of aromatic nitrogens is 1. The number of pyridine rings is 1. The molecule has 1 aromatic heterocycles. The summed E-state index contributed by atoms with van der Waals surface area (Å²) in [6.45, 7) is 0.286. The lowest BCUT2D eigenvalue weighted by molar-refractivity contribution is 0.0595. The fraction of sp³-hybridized carbons (Fsp3) is 0.294. The van der Waals surface area contributed by atoms with Gasteiger partial charge in [-0.25, -0.2) is 9.78 Å². The highest BCUT2D eigenvalue weighted by molar-refractivity contribution is 5.91. The van der Waals surface area contributed by atoms with Crippen LogP contribution in [0.3, 0.4) is 0 Å². The molecule has 1 atom stereocenters. The molecule has 0 radical (unpaired) electrons. The number of fused-ring (bicyclic) bond motifs is 1. The van der Waals surface area contributed by atoms with Crippen molar-refractivity contribution in [1.82, 2.24) is 4.98 Å². The molecule has 0 aliphatic carbocycles. The Kier molecular flexibility index (Phi) is 4.41. The van der Waals surface area contributed by atoms with Crippen molar-refractivity contribution in [3.63, 3.8) is 0 Å². The van der Waals surface area contributed by atoms with Crippen LogP contribution in [-0.4, -0.2) is 38.9 Å². The summed E-state index contributed by atoms with van der Waals surface area (Å²) < 4.78 is 26.8. The third-order valence-electron chi connectivity index (χ3n) is 3.65. The number of benzene rings is 1. The second-order valence-corrected chi connectivity index (χ2v) is 5.05. The minimum atomic E-state index is -0.471. The van der Waals surface area contributed by atoms with Crippen LogP contribution in [-0.2, 0) is 4.74 Å². The van der Waals surface area contributed by atoms with Gasteiger partial charge in [-0.05, 0) is 18.2 Å². The van der Waals surface area contributed by atoms with Crippen molar-refractivity contribution in [3.8, 4) is 23.1 Å². The first-order valence-electron chi connectivity index (χ1n) is 7.26. The second-order valence-electron chi connectivity index (χ2n) is 5.05. The third-order valence-corrected chi connectivity index (χ3v) is 3.65. The quantitative estimate of drug-likeness (QED) is 0.796. The maximum Gasteiger partial charge on any atom is 0.338 e. The summed E-state index contributed by atoms with van der Waals surface area (Å²) in [6, 6.07) is 6.75. The molecule has 0 bridgehead atoms. The molecule has 126 valence electrons. The molecule has 1 aliphatic rings. The van der Waals surface area contributed by atoms with E-state index >= 15 is 0 Å². The van der Waals surface area contributed by atoms with Gasteiger partial charge in [0.05, 0.1) is 26.9 Å². The highest BCUT2D eigenvalue weighted by atomic mass is 16.6. The first-order chi connectivity index (χ1) is 11.7. The number of hydrogen-bond donors (Lipinski definition) is 0. The van der Waals surface area contributed by atoms with Gasteiger partial charge in [0, 0.05) is 17.8 Å². The van der Waals surface area contributed by atoms with E-state index in [4.69, 9.17) is 23.7 Å². The molecule has 3 rings (SSSR count). The van der Waals surface area contributed by atoms with Crippen LogP contribution >= 0.6 is 0 Å². The smallest absolute Gasteiger partial charge is 0.338 e. The molecule has 1 aliphatic heterocycles. The lowest BCUT2D eigenvalue weighted by atomic mass is 10.1. The van der Waals surface area contributed by atoms with Crippen molar-refractivity contribution in [2.75, 3.05) is 27.9 Å². The van der Waals surface area contributed by atoms with Crippen molar-refractivity contribution in [3.05, 3.63) is 41.6 Å². The fourth-order valence-electron chi connectivity index (χ4n) is 2.40. The molecule has 7 heteroatoms. The number of esters is 1. The van der Waals surface area contributed by atoms with Gasteiger partial charge in [0.1, 0.15) is 6.61 Å². The van der Waals surface area contributed by atoms with Crippen molar-refractivity contribution >= 4 is 5.97 Å². The van der Waals surface area contributed by atoms with E-state index in [-0.39, 0.29) is 12.7 Å². The molecule has 0 spiro atoms. The van der Waals surface area contributed by atoms with Crippen LogP contribution in [0.4, 0.5) is 0 Å². The average molecular weight is 331 g/mol. The van der Waals surface area contributed by atoms with Crippen molar-refractivity contribution in [2.24, 2.45) is 0 Å². The number of ether oxygens (including phenoxy) is 5. The molecule has 0 fully saturated rings. The second kappa shape index (κ2) is 6.66. The summed E-state index contributed by atoms with van der Waals surface area (Å²) in [4.78, 5) is 15.9.